The Labute approximate surface area is 273 Å². The number of allylic oxidation sites excluding steroid dienone is 1. The van der Waals surface area contributed by atoms with Crippen molar-refractivity contribution in [1.82, 2.24) is 24.4 Å². The predicted octanol–water partition coefficient (Wildman–Crippen LogP) is 6.76. The van der Waals surface area contributed by atoms with Gasteiger partial charge in [0.25, 0.3) is 0 Å². The van der Waals surface area contributed by atoms with E-state index >= 15 is 0 Å². The number of hydrogen-bond acceptors (Lipinski definition) is 8. The summed E-state index contributed by atoms with van der Waals surface area (Å²) < 4.78 is 41.3. The van der Waals surface area contributed by atoms with Crippen LogP contribution < -0.4 is 16.4 Å². The largest absolute Gasteiger partial charge is 0.416 e. The monoisotopic (exact) mass is 668 g/mol. The predicted molar refractivity (Wildman–Crippen MR) is 174 cm³/mol. The minimum Gasteiger partial charge on any atom is -0.377 e. The highest BCUT2D eigenvalue weighted by Gasteiger charge is 2.31. The Morgan fingerprint density at radius 2 is 1.62 bits per heavy atom. The summed E-state index contributed by atoms with van der Waals surface area (Å²) in [6, 6.07) is 5.64. The second-order valence-corrected chi connectivity index (χ2v) is 12.1. The lowest BCUT2D eigenvalue weighted by molar-refractivity contribution is -0.137. The first-order chi connectivity index (χ1) is 20.7. The van der Waals surface area contributed by atoms with Gasteiger partial charge in [0.05, 0.1) is 11.9 Å². The van der Waals surface area contributed by atoms with Crippen molar-refractivity contribution in [2.24, 2.45) is 5.73 Å². The SMILES string of the molecule is Cl.Cl.N[C@H]1CC[C@H](Nc2nc(NC3CCN(/C=C/C(=O)c4cccc(C(F)(F)F)c4)CC3)c3ncn(C4CCCC4)c3n2)CC1. The van der Waals surface area contributed by atoms with Crippen LogP contribution in [0, 0.1) is 0 Å². The first-order valence-electron chi connectivity index (χ1n) is 15.4. The van der Waals surface area contributed by atoms with E-state index in [1.165, 1.54) is 31.1 Å². The quantitative estimate of drug-likeness (QED) is 0.178. The minimum absolute atomic E-state index is 0. The van der Waals surface area contributed by atoms with Gasteiger partial charge < -0.3 is 25.8 Å². The fourth-order valence-electron chi connectivity index (χ4n) is 6.48. The van der Waals surface area contributed by atoms with E-state index in [9.17, 15) is 18.0 Å². The number of nitrogens with zero attached hydrogens (tertiary/aromatic N) is 5. The summed E-state index contributed by atoms with van der Waals surface area (Å²) in [6.45, 7) is 1.39. The van der Waals surface area contributed by atoms with Gasteiger partial charge in [-0.3, -0.25) is 4.79 Å². The lowest BCUT2D eigenvalue weighted by atomic mass is 9.92. The first-order valence-corrected chi connectivity index (χ1v) is 15.4. The van der Waals surface area contributed by atoms with Gasteiger partial charge in [0.15, 0.2) is 22.8 Å². The molecule has 3 aliphatic rings. The average molecular weight is 670 g/mol. The first kappa shape index (κ1) is 34.8. The summed E-state index contributed by atoms with van der Waals surface area (Å²) in [5.74, 6) is 0.890. The summed E-state index contributed by atoms with van der Waals surface area (Å²) in [4.78, 5) is 29.2. The fraction of sp³-hybridized carbons (Fsp3) is 0.548. The van der Waals surface area contributed by atoms with Crippen molar-refractivity contribution in [3.05, 3.63) is 54.0 Å². The van der Waals surface area contributed by atoms with E-state index in [1.807, 2.05) is 11.2 Å². The number of piperidine rings is 1. The van der Waals surface area contributed by atoms with Gasteiger partial charge in [-0.2, -0.15) is 23.1 Å². The molecule has 0 unspecified atom stereocenters. The molecule has 2 saturated carbocycles. The van der Waals surface area contributed by atoms with E-state index < -0.39 is 17.5 Å². The number of ketones is 1. The van der Waals surface area contributed by atoms with E-state index in [2.05, 4.69) is 15.2 Å². The number of imidazole rings is 1. The zero-order valence-corrected chi connectivity index (χ0v) is 26.6. The Kier molecular flexibility index (Phi) is 11.6. The number of halogens is 5. The third kappa shape index (κ3) is 8.39. The number of rotatable bonds is 8. The van der Waals surface area contributed by atoms with Crippen LogP contribution in [-0.4, -0.2) is 61.4 Å². The van der Waals surface area contributed by atoms with Crippen molar-refractivity contribution in [2.75, 3.05) is 23.7 Å². The lowest BCUT2D eigenvalue weighted by Gasteiger charge is -2.32. The standard InChI is InChI=1S/C31H39F3N8O.2ClH/c32-31(33,34)21-5-3-4-20(18-21)26(43)14-17-41-15-12-24(13-16-41)37-28-27-29(42(19-36-27)25-6-1-2-7-25)40-30(39-28)38-23-10-8-22(35)9-11-23;;/h3-5,14,17-19,22-25H,1-2,6-13,15-16,35H2,(H2,37,38,39,40);2*1H/b17-14+;;/t22-,23-;;. The van der Waals surface area contributed by atoms with Crippen LogP contribution in [0.4, 0.5) is 24.9 Å². The van der Waals surface area contributed by atoms with E-state index in [4.69, 9.17) is 20.7 Å². The molecule has 45 heavy (non-hydrogen) atoms. The van der Waals surface area contributed by atoms with Crippen LogP contribution in [0.25, 0.3) is 11.2 Å². The van der Waals surface area contributed by atoms with Gasteiger partial charge in [-0.1, -0.05) is 25.0 Å². The number of anilines is 2. The molecule has 0 bridgehead atoms. The Morgan fingerprint density at radius 3 is 2.31 bits per heavy atom. The van der Waals surface area contributed by atoms with Crippen molar-refractivity contribution < 1.29 is 18.0 Å². The average Bonchev–Trinajstić information content (AvgIpc) is 3.68. The highest BCUT2D eigenvalue weighted by molar-refractivity contribution is 6.04. The molecule has 6 rings (SSSR count). The number of alkyl halides is 3. The van der Waals surface area contributed by atoms with Gasteiger partial charge in [0, 0.05) is 55.1 Å². The minimum atomic E-state index is -4.49. The molecule has 4 N–H and O–H groups in total. The maximum Gasteiger partial charge on any atom is 0.416 e. The molecule has 1 aliphatic heterocycles. The Bertz CT molecular complexity index is 1460. The van der Waals surface area contributed by atoms with E-state index in [0.29, 0.717) is 31.1 Å². The van der Waals surface area contributed by atoms with Crippen LogP contribution in [0.5, 0.6) is 0 Å². The summed E-state index contributed by atoms with van der Waals surface area (Å²) in [5, 5.41) is 7.20. The third-order valence-electron chi connectivity index (χ3n) is 9.03. The number of likely N-dealkylation sites (tertiary alicyclic amines) is 1. The Balaban J connectivity index is 0.00000230. The van der Waals surface area contributed by atoms with Crippen molar-refractivity contribution in [1.29, 1.82) is 0 Å². The van der Waals surface area contributed by atoms with Gasteiger partial charge in [-0.25, -0.2) is 4.98 Å². The molecular weight excluding hydrogens is 628 g/mol. The summed E-state index contributed by atoms with van der Waals surface area (Å²) >= 11 is 0. The number of aromatic nitrogens is 4. The second-order valence-electron chi connectivity index (χ2n) is 12.1. The molecule has 9 nitrogen and oxygen atoms in total. The van der Waals surface area contributed by atoms with Crippen LogP contribution in [0.2, 0.25) is 0 Å². The molecule has 0 atom stereocenters. The number of hydrogen-bond donors (Lipinski definition) is 3. The van der Waals surface area contributed by atoms with Crippen LogP contribution in [-0.2, 0) is 6.18 Å². The molecule has 1 aromatic carbocycles. The van der Waals surface area contributed by atoms with Gasteiger partial charge in [-0.05, 0) is 63.5 Å². The smallest absolute Gasteiger partial charge is 0.377 e. The normalized spacial score (nSPS) is 21.5. The van der Waals surface area contributed by atoms with E-state index in [1.54, 1.807) is 6.20 Å². The van der Waals surface area contributed by atoms with Crippen LogP contribution >= 0.6 is 24.8 Å². The van der Waals surface area contributed by atoms with Gasteiger partial charge >= 0.3 is 6.18 Å². The van der Waals surface area contributed by atoms with Crippen LogP contribution in [0.15, 0.2) is 42.9 Å². The molecule has 3 heterocycles. The molecule has 3 aromatic rings. The van der Waals surface area contributed by atoms with E-state index in [0.717, 1.165) is 80.5 Å². The maximum absolute atomic E-state index is 13.0. The molecule has 2 aliphatic carbocycles. The molecule has 246 valence electrons. The number of benzene rings is 1. The molecule has 3 fully saturated rings. The highest BCUT2D eigenvalue weighted by atomic mass is 35.5. The number of fused-ring (bicyclic) bond motifs is 1. The summed E-state index contributed by atoms with van der Waals surface area (Å²) in [6.07, 6.45) is 10.7. The summed E-state index contributed by atoms with van der Waals surface area (Å²) in [7, 11) is 0. The van der Waals surface area contributed by atoms with Gasteiger partial charge in [-0.15, -0.1) is 24.8 Å². The number of nitrogens with two attached hydrogens (primary N) is 1. The molecule has 14 heteroatoms. The van der Waals surface area contributed by atoms with Crippen LogP contribution in [0.1, 0.15) is 86.2 Å². The molecular formula is C31H41Cl2F3N8O. The Morgan fingerprint density at radius 1 is 0.933 bits per heavy atom. The van der Waals surface area contributed by atoms with E-state index in [-0.39, 0.29) is 42.5 Å². The Hall–Kier alpha value is -3.09. The number of carbonyl (C=O) groups is 1. The molecule has 0 spiro atoms. The third-order valence-corrected chi connectivity index (χ3v) is 9.03. The number of carbonyl (C=O) groups excluding carboxylic acids is 1. The van der Waals surface area contributed by atoms with Crippen molar-refractivity contribution in [3.8, 4) is 0 Å². The summed E-state index contributed by atoms with van der Waals surface area (Å²) in [5.41, 5.74) is 6.94. The number of nitrogens with one attached hydrogen (secondary N) is 2. The van der Waals surface area contributed by atoms with Crippen molar-refractivity contribution in [3.63, 3.8) is 0 Å². The fourth-order valence-corrected chi connectivity index (χ4v) is 6.48. The second kappa shape index (κ2) is 15.0. The molecule has 0 radical (unpaired) electrons. The highest BCUT2D eigenvalue weighted by Crippen LogP contribution is 2.34. The molecule has 1 saturated heterocycles. The topological polar surface area (TPSA) is 114 Å². The zero-order chi connectivity index (χ0) is 30.0. The lowest BCUT2D eigenvalue weighted by Crippen LogP contribution is -2.36. The van der Waals surface area contributed by atoms with Gasteiger partial charge in [0.2, 0.25) is 5.95 Å². The molecule has 2 aromatic heterocycles. The maximum atomic E-state index is 13.0. The molecule has 0 amide bonds. The van der Waals surface area contributed by atoms with Crippen molar-refractivity contribution in [2.45, 2.75) is 94.6 Å². The van der Waals surface area contributed by atoms with Crippen molar-refractivity contribution >= 4 is 53.5 Å². The zero-order valence-electron chi connectivity index (χ0n) is 25.0. The van der Waals surface area contributed by atoms with Gasteiger partial charge in [0.1, 0.15) is 0 Å². The van der Waals surface area contributed by atoms with Crippen LogP contribution in [0.3, 0.4) is 0 Å².